The Morgan fingerprint density at radius 3 is 2.67 bits per heavy atom. The normalized spacial score (nSPS) is 14.4. The van der Waals surface area contributed by atoms with Crippen molar-refractivity contribution in [2.45, 2.75) is 39.2 Å². The molecule has 0 rings (SSSR count). The fourth-order valence-corrected chi connectivity index (χ4v) is 1.07. The molecule has 0 saturated carbocycles. The summed E-state index contributed by atoms with van der Waals surface area (Å²) in [5.41, 5.74) is 1.09. The van der Waals surface area contributed by atoms with E-state index in [9.17, 15) is 4.79 Å². The number of hydrogen-bond donors (Lipinski definition) is 0. The molecule has 0 amide bonds. The van der Waals surface area contributed by atoms with Gasteiger partial charge in [-0.3, -0.25) is 0 Å². The van der Waals surface area contributed by atoms with Gasteiger partial charge in [0, 0.05) is 13.5 Å². The van der Waals surface area contributed by atoms with Crippen LogP contribution in [0.15, 0.2) is 11.6 Å². The second-order valence-electron chi connectivity index (χ2n) is 2.95. The number of allylic oxidation sites excluding steroid dienone is 1. The van der Waals surface area contributed by atoms with Crippen LogP contribution in [0.2, 0.25) is 0 Å². The van der Waals surface area contributed by atoms with Gasteiger partial charge in [0.1, 0.15) is 6.29 Å². The van der Waals surface area contributed by atoms with Crippen LogP contribution in [0.4, 0.5) is 0 Å². The third kappa shape index (κ3) is 5.08. The summed E-state index contributed by atoms with van der Waals surface area (Å²) in [6.45, 7) is 4.07. The van der Waals surface area contributed by atoms with Crippen molar-refractivity contribution in [2.24, 2.45) is 0 Å². The highest BCUT2D eigenvalue weighted by Gasteiger charge is 2.01. The highest BCUT2D eigenvalue weighted by Crippen LogP contribution is 2.07. The summed E-state index contributed by atoms with van der Waals surface area (Å²) in [6.07, 6.45) is 5.76. The molecule has 1 unspecified atom stereocenters. The lowest BCUT2D eigenvalue weighted by atomic mass is 10.1. The van der Waals surface area contributed by atoms with E-state index in [2.05, 4.69) is 6.92 Å². The first-order chi connectivity index (χ1) is 5.74. The van der Waals surface area contributed by atoms with Crippen molar-refractivity contribution in [1.29, 1.82) is 0 Å². The molecule has 0 bridgehead atoms. The number of rotatable bonds is 6. The lowest BCUT2D eigenvalue weighted by Gasteiger charge is -2.09. The molecule has 0 aromatic heterocycles. The molecule has 2 nitrogen and oxygen atoms in total. The molecule has 0 aliphatic rings. The number of aldehydes is 1. The minimum absolute atomic E-state index is 0.176. The van der Waals surface area contributed by atoms with Crippen LogP contribution in [-0.2, 0) is 9.53 Å². The molecule has 0 spiro atoms. The lowest BCUT2D eigenvalue weighted by Crippen LogP contribution is -2.06. The fraction of sp³-hybridized carbons (Fsp3) is 0.700. The molecule has 0 fully saturated rings. The van der Waals surface area contributed by atoms with Crippen LogP contribution in [0.5, 0.6) is 0 Å². The molecule has 0 radical (unpaired) electrons. The highest BCUT2D eigenvalue weighted by atomic mass is 16.5. The first-order valence-corrected chi connectivity index (χ1v) is 4.38. The van der Waals surface area contributed by atoms with Crippen LogP contribution in [0.3, 0.4) is 0 Å². The first-order valence-electron chi connectivity index (χ1n) is 4.38. The fourth-order valence-electron chi connectivity index (χ4n) is 1.07. The van der Waals surface area contributed by atoms with Gasteiger partial charge in [-0.25, -0.2) is 0 Å². The topological polar surface area (TPSA) is 26.3 Å². The van der Waals surface area contributed by atoms with E-state index in [4.69, 9.17) is 4.74 Å². The molecule has 0 saturated heterocycles. The Morgan fingerprint density at radius 1 is 1.58 bits per heavy atom. The molecule has 0 aromatic rings. The second-order valence-corrected chi connectivity index (χ2v) is 2.95. The van der Waals surface area contributed by atoms with Gasteiger partial charge in [0.15, 0.2) is 0 Å². The summed E-state index contributed by atoms with van der Waals surface area (Å²) in [7, 11) is 1.70. The van der Waals surface area contributed by atoms with E-state index in [0.29, 0.717) is 6.42 Å². The average molecular weight is 170 g/mol. The predicted octanol–water partition coefficient (Wildman–Crippen LogP) is 2.34. The third-order valence-corrected chi connectivity index (χ3v) is 1.75. The lowest BCUT2D eigenvalue weighted by molar-refractivity contribution is -0.107. The summed E-state index contributed by atoms with van der Waals surface area (Å²) in [5, 5.41) is 0. The van der Waals surface area contributed by atoms with E-state index in [-0.39, 0.29) is 6.10 Å². The van der Waals surface area contributed by atoms with E-state index in [1.807, 2.05) is 13.0 Å². The molecule has 0 aliphatic carbocycles. The Labute approximate surface area is 74.6 Å². The van der Waals surface area contributed by atoms with Crippen LogP contribution in [0.1, 0.15) is 33.1 Å². The predicted molar refractivity (Wildman–Crippen MR) is 50.1 cm³/mol. The molecular formula is C10H18O2. The zero-order valence-electron chi connectivity index (χ0n) is 8.17. The van der Waals surface area contributed by atoms with Gasteiger partial charge in [-0.05, 0) is 13.3 Å². The van der Waals surface area contributed by atoms with Crippen molar-refractivity contribution >= 4 is 6.29 Å². The third-order valence-electron chi connectivity index (χ3n) is 1.75. The number of methoxy groups -OCH3 is 1. The average Bonchev–Trinajstić information content (AvgIpc) is 2.04. The minimum Gasteiger partial charge on any atom is -0.377 e. The van der Waals surface area contributed by atoms with Gasteiger partial charge in [0.05, 0.1) is 6.10 Å². The molecule has 70 valence electrons. The van der Waals surface area contributed by atoms with Crippen molar-refractivity contribution < 1.29 is 9.53 Å². The van der Waals surface area contributed by atoms with Crippen LogP contribution >= 0.6 is 0 Å². The van der Waals surface area contributed by atoms with E-state index in [1.54, 1.807) is 7.11 Å². The Kier molecular flexibility index (Phi) is 6.67. The standard InChI is InChI=1S/C10H18O2/c1-4-5-10(12-3)8-9(2)6-7-11/h7-8,10H,4-6H2,1-3H3. The molecule has 2 heteroatoms. The van der Waals surface area contributed by atoms with Crippen molar-refractivity contribution in [3.63, 3.8) is 0 Å². The van der Waals surface area contributed by atoms with Crippen molar-refractivity contribution in [3.05, 3.63) is 11.6 Å². The summed E-state index contributed by atoms with van der Waals surface area (Å²) in [6, 6.07) is 0. The molecule has 0 N–H and O–H groups in total. The molecular weight excluding hydrogens is 152 g/mol. The van der Waals surface area contributed by atoms with E-state index >= 15 is 0 Å². The second kappa shape index (κ2) is 7.04. The van der Waals surface area contributed by atoms with Crippen molar-refractivity contribution in [3.8, 4) is 0 Å². The van der Waals surface area contributed by atoms with Crippen molar-refractivity contribution in [1.82, 2.24) is 0 Å². The Morgan fingerprint density at radius 2 is 2.25 bits per heavy atom. The van der Waals surface area contributed by atoms with Crippen LogP contribution in [0.25, 0.3) is 0 Å². The van der Waals surface area contributed by atoms with Gasteiger partial charge in [-0.15, -0.1) is 0 Å². The Bertz CT molecular complexity index is 150. The van der Waals surface area contributed by atoms with Gasteiger partial charge in [0.25, 0.3) is 0 Å². The maximum absolute atomic E-state index is 10.2. The number of carbonyl (C=O) groups excluding carboxylic acids is 1. The van der Waals surface area contributed by atoms with Crippen LogP contribution in [-0.4, -0.2) is 19.5 Å². The smallest absolute Gasteiger partial charge is 0.124 e. The van der Waals surface area contributed by atoms with Crippen LogP contribution < -0.4 is 0 Å². The van der Waals surface area contributed by atoms with Gasteiger partial charge in [0.2, 0.25) is 0 Å². The van der Waals surface area contributed by atoms with Gasteiger partial charge < -0.3 is 9.53 Å². The number of carbonyl (C=O) groups is 1. The Hall–Kier alpha value is -0.630. The summed E-state index contributed by atoms with van der Waals surface area (Å²) < 4.78 is 5.22. The number of ether oxygens (including phenoxy) is 1. The Balaban J connectivity index is 3.95. The summed E-state index contributed by atoms with van der Waals surface area (Å²) in [5.74, 6) is 0. The van der Waals surface area contributed by atoms with Gasteiger partial charge >= 0.3 is 0 Å². The minimum atomic E-state index is 0.176. The van der Waals surface area contributed by atoms with Crippen molar-refractivity contribution in [2.75, 3.05) is 7.11 Å². The van der Waals surface area contributed by atoms with E-state index < -0.39 is 0 Å². The molecule has 1 atom stereocenters. The molecule has 0 heterocycles. The van der Waals surface area contributed by atoms with Gasteiger partial charge in [-0.1, -0.05) is 25.0 Å². The van der Waals surface area contributed by atoms with E-state index in [0.717, 1.165) is 24.7 Å². The SMILES string of the molecule is CCCC(C=C(C)CC=O)OC. The quantitative estimate of drug-likeness (QED) is 0.452. The number of hydrogen-bond acceptors (Lipinski definition) is 2. The van der Waals surface area contributed by atoms with Crippen LogP contribution in [0, 0.1) is 0 Å². The maximum Gasteiger partial charge on any atom is 0.124 e. The highest BCUT2D eigenvalue weighted by molar-refractivity contribution is 5.53. The summed E-state index contributed by atoms with van der Waals surface area (Å²) >= 11 is 0. The molecule has 0 aliphatic heterocycles. The molecule has 0 aromatic carbocycles. The van der Waals surface area contributed by atoms with Gasteiger partial charge in [-0.2, -0.15) is 0 Å². The maximum atomic E-state index is 10.2. The zero-order valence-corrected chi connectivity index (χ0v) is 8.17. The summed E-state index contributed by atoms with van der Waals surface area (Å²) in [4.78, 5) is 10.2. The zero-order chi connectivity index (χ0) is 9.40. The van der Waals surface area contributed by atoms with E-state index in [1.165, 1.54) is 0 Å². The first kappa shape index (κ1) is 11.4. The molecule has 12 heavy (non-hydrogen) atoms. The monoisotopic (exact) mass is 170 g/mol. The largest absolute Gasteiger partial charge is 0.377 e.